The molecule has 0 aliphatic rings. The minimum absolute atomic E-state index is 0.259. The van der Waals surface area contributed by atoms with Crippen LogP contribution in [0.15, 0.2) is 24.3 Å². The monoisotopic (exact) mass is 227 g/mol. The number of hydrogen-bond acceptors (Lipinski definition) is 2. The second-order valence-corrected chi connectivity index (χ2v) is 3.67. The van der Waals surface area contributed by atoms with E-state index in [0.717, 1.165) is 5.56 Å². The quantitative estimate of drug-likeness (QED) is 0.774. The van der Waals surface area contributed by atoms with E-state index >= 15 is 0 Å². The molecule has 0 saturated carbocycles. The van der Waals surface area contributed by atoms with Crippen molar-refractivity contribution in [3.63, 3.8) is 0 Å². The van der Waals surface area contributed by atoms with Crippen LogP contribution in [0.1, 0.15) is 15.9 Å². The molecule has 0 fully saturated rings. The molecular weight excluding hydrogens is 214 g/mol. The van der Waals surface area contributed by atoms with Crippen molar-refractivity contribution in [3.05, 3.63) is 35.4 Å². The molecule has 0 aromatic heterocycles. The lowest BCUT2D eigenvalue weighted by Gasteiger charge is -1.99. The van der Waals surface area contributed by atoms with E-state index in [9.17, 15) is 4.79 Å². The second kappa shape index (κ2) is 6.37. The summed E-state index contributed by atoms with van der Waals surface area (Å²) in [5.74, 6) is 10.3. The van der Waals surface area contributed by atoms with Crippen LogP contribution in [-0.4, -0.2) is 36.6 Å². The Balaban J connectivity index is 2.66. The first-order valence-electron chi connectivity index (χ1n) is 5.06. The van der Waals surface area contributed by atoms with E-state index in [1.165, 1.54) is 12.1 Å². The first-order valence-corrected chi connectivity index (χ1v) is 5.06. The largest absolute Gasteiger partial charge is 0.478 e. The zero-order chi connectivity index (χ0) is 12.7. The highest BCUT2D eigenvalue weighted by molar-refractivity contribution is 5.87. The van der Waals surface area contributed by atoms with E-state index in [-0.39, 0.29) is 5.56 Å². The van der Waals surface area contributed by atoms with Gasteiger partial charge in [-0.2, -0.15) is 0 Å². The highest BCUT2D eigenvalue weighted by atomic mass is 16.4. The predicted octanol–water partition coefficient (Wildman–Crippen LogP) is 1.30. The summed E-state index contributed by atoms with van der Waals surface area (Å²) in [6, 6.07) is 6.40. The average Bonchev–Trinajstić information content (AvgIpc) is 2.29. The molecule has 17 heavy (non-hydrogen) atoms. The Morgan fingerprint density at radius 2 is 1.88 bits per heavy atom. The van der Waals surface area contributed by atoms with Crippen LogP contribution < -0.4 is 0 Å². The Morgan fingerprint density at radius 3 is 2.41 bits per heavy atom. The number of nitrogens with zero attached hydrogens (tertiary/aromatic N) is 1. The van der Waals surface area contributed by atoms with E-state index in [4.69, 9.17) is 5.11 Å². The lowest BCUT2D eigenvalue weighted by Crippen LogP contribution is -2.10. The van der Waals surface area contributed by atoms with Gasteiger partial charge >= 0.3 is 5.97 Å². The van der Waals surface area contributed by atoms with E-state index in [0.29, 0.717) is 6.54 Å². The van der Waals surface area contributed by atoms with Crippen LogP contribution in [0.3, 0.4) is 0 Å². The lowest BCUT2D eigenvalue weighted by atomic mass is 10.1. The summed E-state index contributed by atoms with van der Waals surface area (Å²) < 4.78 is 0. The molecule has 0 spiro atoms. The fourth-order valence-electron chi connectivity index (χ4n) is 1.04. The summed E-state index contributed by atoms with van der Waals surface area (Å²) in [5, 5.41) is 8.71. The topological polar surface area (TPSA) is 40.5 Å². The SMILES string of the molecule is CN(C)CC#CC#Cc1ccc(C(=O)O)cc1. The van der Waals surface area contributed by atoms with Crippen LogP contribution in [0.2, 0.25) is 0 Å². The molecule has 3 heteroatoms. The van der Waals surface area contributed by atoms with Gasteiger partial charge in [-0.1, -0.05) is 11.8 Å². The van der Waals surface area contributed by atoms with Gasteiger partial charge < -0.3 is 5.11 Å². The molecule has 0 bridgehead atoms. The first kappa shape index (κ1) is 12.8. The Kier molecular flexibility index (Phi) is 4.81. The van der Waals surface area contributed by atoms with Gasteiger partial charge in [0.1, 0.15) is 0 Å². The highest BCUT2D eigenvalue weighted by Crippen LogP contribution is 2.02. The van der Waals surface area contributed by atoms with Gasteiger partial charge in [-0.25, -0.2) is 4.79 Å². The van der Waals surface area contributed by atoms with Crippen LogP contribution in [0, 0.1) is 23.7 Å². The number of carbonyl (C=O) groups is 1. The standard InChI is InChI=1S/C14H13NO2/c1-15(2)11-5-3-4-6-12-7-9-13(10-8-12)14(16)17/h7-10H,11H2,1-2H3,(H,16,17). The molecule has 0 radical (unpaired) electrons. The van der Waals surface area contributed by atoms with Gasteiger partial charge in [0.2, 0.25) is 0 Å². The van der Waals surface area contributed by atoms with E-state index in [1.807, 2.05) is 19.0 Å². The summed E-state index contributed by atoms with van der Waals surface area (Å²) in [5.41, 5.74) is 1.02. The van der Waals surface area contributed by atoms with E-state index in [1.54, 1.807) is 12.1 Å². The van der Waals surface area contributed by atoms with E-state index in [2.05, 4.69) is 23.7 Å². The Labute approximate surface area is 101 Å². The summed E-state index contributed by atoms with van der Waals surface area (Å²) in [4.78, 5) is 12.6. The van der Waals surface area contributed by atoms with Crippen LogP contribution in [-0.2, 0) is 0 Å². The maximum atomic E-state index is 10.6. The Hall–Kier alpha value is -2.23. The molecule has 1 aromatic rings. The zero-order valence-corrected chi connectivity index (χ0v) is 9.82. The molecular formula is C14H13NO2. The van der Waals surface area contributed by atoms with Crippen molar-refractivity contribution in [2.45, 2.75) is 0 Å². The predicted molar refractivity (Wildman–Crippen MR) is 66.6 cm³/mol. The summed E-state index contributed by atoms with van der Waals surface area (Å²) in [6.45, 7) is 0.673. The molecule has 0 aliphatic heterocycles. The van der Waals surface area contributed by atoms with Crippen molar-refractivity contribution in [1.82, 2.24) is 4.90 Å². The molecule has 0 aliphatic carbocycles. The molecule has 3 nitrogen and oxygen atoms in total. The first-order chi connectivity index (χ1) is 8.09. The van der Waals surface area contributed by atoms with Crippen molar-refractivity contribution in [1.29, 1.82) is 0 Å². The molecule has 1 N–H and O–H groups in total. The number of carboxylic acid groups (broad SMARTS) is 1. The number of aromatic carboxylic acids is 1. The maximum Gasteiger partial charge on any atom is 0.335 e. The van der Waals surface area contributed by atoms with E-state index < -0.39 is 5.97 Å². The second-order valence-electron chi connectivity index (χ2n) is 3.67. The Morgan fingerprint density at radius 1 is 1.24 bits per heavy atom. The van der Waals surface area contributed by atoms with Crippen molar-refractivity contribution in [2.75, 3.05) is 20.6 Å². The molecule has 0 amide bonds. The third kappa shape index (κ3) is 4.88. The van der Waals surface area contributed by atoms with Gasteiger partial charge in [0.25, 0.3) is 0 Å². The summed E-state index contributed by atoms with van der Waals surface area (Å²) in [6.07, 6.45) is 0. The molecule has 0 unspecified atom stereocenters. The third-order valence-electron chi connectivity index (χ3n) is 1.88. The van der Waals surface area contributed by atoms with Crippen molar-refractivity contribution < 1.29 is 9.90 Å². The molecule has 1 rings (SSSR count). The third-order valence-corrected chi connectivity index (χ3v) is 1.88. The molecule has 1 aromatic carbocycles. The fraction of sp³-hybridized carbons (Fsp3) is 0.214. The van der Waals surface area contributed by atoms with Gasteiger partial charge in [-0.05, 0) is 50.2 Å². The van der Waals surface area contributed by atoms with Crippen LogP contribution in [0.5, 0.6) is 0 Å². The molecule has 0 heterocycles. The van der Waals surface area contributed by atoms with Crippen LogP contribution in [0.25, 0.3) is 0 Å². The van der Waals surface area contributed by atoms with Crippen molar-refractivity contribution >= 4 is 5.97 Å². The number of carboxylic acids is 1. The van der Waals surface area contributed by atoms with Gasteiger partial charge in [-0.15, -0.1) is 0 Å². The summed E-state index contributed by atoms with van der Waals surface area (Å²) >= 11 is 0. The van der Waals surface area contributed by atoms with Crippen LogP contribution >= 0.6 is 0 Å². The van der Waals surface area contributed by atoms with Gasteiger partial charge in [0.05, 0.1) is 12.1 Å². The van der Waals surface area contributed by atoms with Gasteiger partial charge in [-0.3, -0.25) is 4.90 Å². The maximum absolute atomic E-state index is 10.6. The minimum Gasteiger partial charge on any atom is -0.478 e. The van der Waals surface area contributed by atoms with Crippen molar-refractivity contribution in [2.24, 2.45) is 0 Å². The van der Waals surface area contributed by atoms with Crippen molar-refractivity contribution in [3.8, 4) is 23.7 Å². The fourth-order valence-corrected chi connectivity index (χ4v) is 1.04. The Bertz CT molecular complexity index is 507. The number of rotatable bonds is 2. The van der Waals surface area contributed by atoms with Crippen LogP contribution in [0.4, 0.5) is 0 Å². The number of hydrogen-bond donors (Lipinski definition) is 1. The lowest BCUT2D eigenvalue weighted by molar-refractivity contribution is 0.0697. The average molecular weight is 227 g/mol. The number of benzene rings is 1. The highest BCUT2D eigenvalue weighted by Gasteiger charge is 1.99. The minimum atomic E-state index is -0.935. The van der Waals surface area contributed by atoms with Gasteiger partial charge in [0, 0.05) is 5.56 Å². The normalized spacial score (nSPS) is 8.88. The zero-order valence-electron chi connectivity index (χ0n) is 9.82. The molecule has 86 valence electrons. The smallest absolute Gasteiger partial charge is 0.335 e. The molecule has 0 atom stereocenters. The molecule has 0 saturated heterocycles. The summed E-state index contributed by atoms with van der Waals surface area (Å²) in [7, 11) is 3.87. The van der Waals surface area contributed by atoms with Gasteiger partial charge in [0.15, 0.2) is 0 Å².